The van der Waals surface area contributed by atoms with Crippen molar-refractivity contribution in [2.75, 3.05) is 7.11 Å². The minimum Gasteiger partial charge on any atom is -0.469 e. The Morgan fingerprint density at radius 2 is 1.70 bits per heavy atom. The number of benzene rings is 2. The number of imidazole rings is 1. The smallest absolute Gasteiger partial charge is 0.305 e. The second kappa shape index (κ2) is 6.68. The van der Waals surface area contributed by atoms with Crippen LogP contribution in [0.15, 0.2) is 53.3 Å². The lowest BCUT2D eigenvalue weighted by atomic mass is 10.2. The number of methoxy groups -OCH3 is 1. The molecule has 0 saturated carbocycles. The lowest BCUT2D eigenvalue weighted by molar-refractivity contribution is -0.142. The number of esters is 1. The van der Waals surface area contributed by atoms with Crippen LogP contribution in [0.1, 0.15) is 12.8 Å². The molecule has 0 saturated heterocycles. The third kappa shape index (κ3) is 2.87. The number of aromatic nitrogens is 3. The van der Waals surface area contributed by atoms with Crippen molar-refractivity contribution in [2.24, 2.45) is 0 Å². The zero-order valence-corrected chi connectivity index (χ0v) is 14.7. The highest BCUT2D eigenvalue weighted by molar-refractivity contribution is 5.89. The third-order valence-electron chi connectivity index (χ3n) is 4.58. The first-order chi connectivity index (χ1) is 13.1. The molecule has 4 aromatic rings. The van der Waals surface area contributed by atoms with Gasteiger partial charge in [-0.05, 0) is 24.3 Å². The van der Waals surface area contributed by atoms with Crippen LogP contribution in [0, 0.1) is 0 Å². The molecule has 0 atom stereocenters. The van der Waals surface area contributed by atoms with Gasteiger partial charge < -0.3 is 9.30 Å². The molecule has 136 valence electrons. The van der Waals surface area contributed by atoms with Gasteiger partial charge in [-0.25, -0.2) is 9.38 Å². The van der Waals surface area contributed by atoms with E-state index in [-0.39, 0.29) is 30.7 Å². The minimum atomic E-state index is -0.425. The Hall–Kier alpha value is -3.48. The number of fused-ring (bicyclic) bond motifs is 4. The Labute approximate surface area is 153 Å². The lowest BCUT2D eigenvalue weighted by Crippen LogP contribution is -2.17. The van der Waals surface area contributed by atoms with Gasteiger partial charge in [-0.1, -0.05) is 24.3 Å². The van der Waals surface area contributed by atoms with Crippen LogP contribution in [0.2, 0.25) is 0 Å². The van der Waals surface area contributed by atoms with Crippen molar-refractivity contribution >= 4 is 39.5 Å². The molecule has 7 heteroatoms. The Balaban J connectivity index is 1.89. The largest absolute Gasteiger partial charge is 0.469 e. The summed E-state index contributed by atoms with van der Waals surface area (Å²) in [6, 6.07) is 14.5. The number of ketones is 1. The average Bonchev–Trinajstić information content (AvgIpc) is 3.00. The van der Waals surface area contributed by atoms with Crippen LogP contribution in [0.4, 0.5) is 0 Å². The highest BCUT2D eigenvalue weighted by Crippen LogP contribution is 2.20. The Morgan fingerprint density at radius 3 is 2.48 bits per heavy atom. The first-order valence-corrected chi connectivity index (χ1v) is 8.57. The molecule has 27 heavy (non-hydrogen) atoms. The van der Waals surface area contributed by atoms with Gasteiger partial charge in [0.2, 0.25) is 5.78 Å². The number of rotatable bonds is 5. The maximum absolute atomic E-state index is 13.0. The molecule has 0 fully saturated rings. The summed E-state index contributed by atoms with van der Waals surface area (Å²) in [5.74, 6) is -0.150. The molecule has 0 unspecified atom stereocenters. The zero-order chi connectivity index (χ0) is 19.0. The van der Waals surface area contributed by atoms with E-state index in [1.165, 1.54) is 11.5 Å². The maximum Gasteiger partial charge on any atom is 0.305 e. The van der Waals surface area contributed by atoms with E-state index < -0.39 is 5.97 Å². The van der Waals surface area contributed by atoms with Gasteiger partial charge in [-0.15, -0.1) is 0 Å². The second-order valence-electron chi connectivity index (χ2n) is 6.26. The van der Waals surface area contributed by atoms with E-state index >= 15 is 0 Å². The molecule has 2 aromatic carbocycles. The second-order valence-corrected chi connectivity index (χ2v) is 6.26. The summed E-state index contributed by atoms with van der Waals surface area (Å²) < 4.78 is 7.84. The molecule has 2 heterocycles. The summed E-state index contributed by atoms with van der Waals surface area (Å²) in [6.07, 6.45) is 0.103. The van der Waals surface area contributed by atoms with Gasteiger partial charge in [0.1, 0.15) is 0 Å². The first-order valence-electron chi connectivity index (χ1n) is 8.57. The van der Waals surface area contributed by atoms with Crippen LogP contribution in [-0.2, 0) is 20.9 Å². The van der Waals surface area contributed by atoms with Crippen LogP contribution in [-0.4, -0.2) is 32.8 Å². The van der Waals surface area contributed by atoms with Crippen molar-refractivity contribution in [3.8, 4) is 0 Å². The molecular weight excluding hydrogens is 346 g/mol. The van der Waals surface area contributed by atoms with E-state index in [4.69, 9.17) is 0 Å². The van der Waals surface area contributed by atoms with Crippen molar-refractivity contribution < 1.29 is 14.3 Å². The van der Waals surface area contributed by atoms with Gasteiger partial charge in [-0.3, -0.25) is 14.4 Å². The summed E-state index contributed by atoms with van der Waals surface area (Å²) in [5.41, 5.74) is 1.83. The van der Waals surface area contributed by atoms with E-state index in [1.54, 1.807) is 22.8 Å². The molecule has 0 aliphatic carbocycles. The van der Waals surface area contributed by atoms with E-state index in [0.29, 0.717) is 22.2 Å². The summed E-state index contributed by atoms with van der Waals surface area (Å²) >= 11 is 0. The number of hydrogen-bond acceptors (Lipinski definition) is 5. The number of hydrogen-bond donors (Lipinski definition) is 0. The fraction of sp³-hybridized carbons (Fsp3) is 0.200. The van der Waals surface area contributed by atoms with E-state index in [1.807, 2.05) is 30.3 Å². The Kier molecular flexibility index (Phi) is 4.19. The summed E-state index contributed by atoms with van der Waals surface area (Å²) in [7, 11) is 1.29. The number of para-hydroxylation sites is 3. The Morgan fingerprint density at radius 1 is 1.00 bits per heavy atom. The van der Waals surface area contributed by atoms with Crippen molar-refractivity contribution in [3.05, 3.63) is 58.9 Å². The number of carbonyl (C=O) groups is 2. The Bertz CT molecular complexity index is 1250. The fourth-order valence-electron chi connectivity index (χ4n) is 3.26. The number of carbonyl (C=O) groups excluding carboxylic acids is 2. The molecule has 0 aliphatic heterocycles. The van der Waals surface area contributed by atoms with Gasteiger partial charge in [0, 0.05) is 6.42 Å². The molecular formula is C20H17N3O4. The predicted molar refractivity (Wildman–Crippen MR) is 101 cm³/mol. The van der Waals surface area contributed by atoms with Crippen LogP contribution in [0.25, 0.3) is 27.7 Å². The van der Waals surface area contributed by atoms with Crippen molar-refractivity contribution in [3.63, 3.8) is 0 Å². The molecule has 0 radical (unpaired) electrons. The highest BCUT2D eigenvalue weighted by atomic mass is 16.5. The molecule has 0 N–H and O–H groups in total. The summed E-state index contributed by atoms with van der Waals surface area (Å²) in [6.45, 7) is 0.0266. The van der Waals surface area contributed by atoms with Gasteiger partial charge in [0.15, 0.2) is 5.78 Å². The highest BCUT2D eigenvalue weighted by Gasteiger charge is 2.17. The minimum absolute atomic E-state index is 0.0266. The van der Waals surface area contributed by atoms with Gasteiger partial charge in [0.05, 0.1) is 42.0 Å². The maximum atomic E-state index is 13.0. The molecule has 0 amide bonds. The third-order valence-corrected chi connectivity index (χ3v) is 4.58. The van der Waals surface area contributed by atoms with E-state index in [0.717, 1.165) is 5.52 Å². The molecule has 0 aliphatic rings. The van der Waals surface area contributed by atoms with Crippen molar-refractivity contribution in [1.82, 2.24) is 14.0 Å². The van der Waals surface area contributed by atoms with E-state index in [9.17, 15) is 14.4 Å². The number of nitrogens with zero attached hydrogens (tertiary/aromatic N) is 3. The lowest BCUT2D eigenvalue weighted by Gasteiger charge is -2.06. The molecule has 0 spiro atoms. The van der Waals surface area contributed by atoms with Gasteiger partial charge >= 0.3 is 5.97 Å². The normalized spacial score (nSPS) is 11.3. The van der Waals surface area contributed by atoms with Crippen LogP contribution in [0.5, 0.6) is 0 Å². The topological polar surface area (TPSA) is 82.7 Å². The SMILES string of the molecule is COC(=O)CCC(=O)Cn1c2ccccc2n2c(=O)c3ccccc3nc12. The van der Waals surface area contributed by atoms with Crippen molar-refractivity contribution in [2.45, 2.75) is 19.4 Å². The van der Waals surface area contributed by atoms with Crippen LogP contribution < -0.4 is 5.56 Å². The summed E-state index contributed by atoms with van der Waals surface area (Å²) in [5, 5.41) is 0.523. The van der Waals surface area contributed by atoms with E-state index in [2.05, 4.69) is 9.72 Å². The fourth-order valence-corrected chi connectivity index (χ4v) is 3.26. The van der Waals surface area contributed by atoms with Crippen molar-refractivity contribution in [1.29, 1.82) is 0 Å². The molecule has 0 bridgehead atoms. The molecule has 7 nitrogen and oxygen atoms in total. The predicted octanol–water partition coefficient (Wildman–Crippen LogP) is 2.32. The number of Topliss-reactive ketones (excluding diaryl/α,β-unsaturated/α-hetero) is 1. The monoisotopic (exact) mass is 363 g/mol. The van der Waals surface area contributed by atoms with Crippen LogP contribution >= 0.6 is 0 Å². The van der Waals surface area contributed by atoms with Crippen LogP contribution in [0.3, 0.4) is 0 Å². The molecule has 4 rings (SSSR count). The average molecular weight is 363 g/mol. The zero-order valence-electron chi connectivity index (χ0n) is 14.7. The van der Waals surface area contributed by atoms with Gasteiger partial charge in [-0.2, -0.15) is 0 Å². The summed E-state index contributed by atoms with van der Waals surface area (Å²) in [4.78, 5) is 41.4. The first kappa shape index (κ1) is 17.0. The quantitative estimate of drug-likeness (QED) is 0.508. The number of ether oxygens (including phenoxy) is 1. The molecule has 2 aromatic heterocycles. The van der Waals surface area contributed by atoms with Gasteiger partial charge in [0.25, 0.3) is 5.56 Å². The standard InChI is InChI=1S/C20H17N3O4/c1-27-18(25)11-10-13(24)12-22-16-8-4-5-9-17(16)23-19(26)14-6-2-3-7-15(14)21-20(22)23/h2-9H,10-12H2,1H3.